The number of hydrogen-bond donors (Lipinski definition) is 0. The first-order chi connectivity index (χ1) is 7.22. The number of aromatic nitrogens is 1. The first kappa shape index (κ1) is 10.9. The van der Waals surface area contributed by atoms with E-state index in [4.69, 9.17) is 0 Å². The molecular formula is C12H17BrN2. The van der Waals surface area contributed by atoms with Crippen molar-refractivity contribution in [2.75, 3.05) is 16.8 Å². The minimum absolute atomic E-state index is 0.631. The van der Waals surface area contributed by atoms with Gasteiger partial charge in [0.05, 0.1) is 0 Å². The molecule has 1 aliphatic rings. The first-order valence-electron chi connectivity index (χ1n) is 5.47. The summed E-state index contributed by atoms with van der Waals surface area (Å²) >= 11 is 3.62. The van der Waals surface area contributed by atoms with Crippen LogP contribution in [0, 0.1) is 12.8 Å². The molecule has 1 aliphatic heterocycles. The van der Waals surface area contributed by atoms with E-state index in [-0.39, 0.29) is 0 Å². The van der Waals surface area contributed by atoms with Gasteiger partial charge < -0.3 is 4.90 Å². The zero-order valence-electron chi connectivity index (χ0n) is 9.28. The van der Waals surface area contributed by atoms with E-state index in [1.54, 1.807) is 0 Å². The fourth-order valence-corrected chi connectivity index (χ4v) is 3.26. The highest BCUT2D eigenvalue weighted by atomic mass is 79.9. The van der Waals surface area contributed by atoms with Crippen molar-refractivity contribution < 1.29 is 0 Å². The zero-order chi connectivity index (χ0) is 10.8. The van der Waals surface area contributed by atoms with E-state index in [1.165, 1.54) is 18.7 Å². The summed E-state index contributed by atoms with van der Waals surface area (Å²) in [7, 11) is 0. The van der Waals surface area contributed by atoms with E-state index < -0.39 is 0 Å². The van der Waals surface area contributed by atoms with Gasteiger partial charge in [-0.2, -0.15) is 0 Å². The van der Waals surface area contributed by atoms with Gasteiger partial charge in [0, 0.05) is 35.5 Å². The maximum atomic E-state index is 4.24. The molecule has 2 heterocycles. The number of pyridine rings is 1. The third kappa shape index (κ3) is 2.17. The predicted octanol–water partition coefficient (Wildman–Crippen LogP) is 3.00. The molecule has 0 amide bonds. The van der Waals surface area contributed by atoms with Crippen LogP contribution >= 0.6 is 15.9 Å². The van der Waals surface area contributed by atoms with Crippen molar-refractivity contribution >= 4 is 21.6 Å². The summed E-state index contributed by atoms with van der Waals surface area (Å²) in [4.78, 5) is 6.74. The smallest absolute Gasteiger partial charge is 0.0412 e. The zero-order valence-corrected chi connectivity index (χ0v) is 10.9. The largest absolute Gasteiger partial charge is 0.367 e. The van der Waals surface area contributed by atoms with Gasteiger partial charge in [0.2, 0.25) is 0 Å². The molecule has 0 radical (unpaired) electrons. The molecule has 2 nitrogen and oxygen atoms in total. The molecule has 2 unspecified atom stereocenters. The molecule has 3 heteroatoms. The Labute approximate surface area is 99.8 Å². The molecule has 1 aromatic rings. The minimum Gasteiger partial charge on any atom is -0.367 e. The lowest BCUT2D eigenvalue weighted by atomic mass is 10.1. The van der Waals surface area contributed by atoms with Gasteiger partial charge in [0.15, 0.2) is 0 Å². The van der Waals surface area contributed by atoms with Crippen molar-refractivity contribution in [2.24, 2.45) is 5.92 Å². The number of aryl methyl sites for hydroxylation is 1. The molecule has 15 heavy (non-hydrogen) atoms. The Hall–Kier alpha value is -0.570. The van der Waals surface area contributed by atoms with Crippen molar-refractivity contribution in [1.82, 2.24) is 4.98 Å². The quantitative estimate of drug-likeness (QED) is 0.767. The Kier molecular flexibility index (Phi) is 3.29. The third-order valence-electron chi connectivity index (χ3n) is 3.25. The van der Waals surface area contributed by atoms with E-state index >= 15 is 0 Å². The predicted molar refractivity (Wildman–Crippen MR) is 67.7 cm³/mol. The number of nitrogens with zero attached hydrogens (tertiary/aromatic N) is 2. The highest BCUT2D eigenvalue weighted by molar-refractivity contribution is 9.09. The molecule has 0 spiro atoms. The van der Waals surface area contributed by atoms with Crippen molar-refractivity contribution in [2.45, 2.75) is 26.3 Å². The van der Waals surface area contributed by atoms with Crippen LogP contribution < -0.4 is 4.90 Å². The van der Waals surface area contributed by atoms with Crippen LogP contribution in [0.15, 0.2) is 18.3 Å². The van der Waals surface area contributed by atoms with Crippen molar-refractivity contribution in [3.8, 4) is 0 Å². The van der Waals surface area contributed by atoms with E-state index in [0.29, 0.717) is 6.04 Å². The second-order valence-corrected chi connectivity index (χ2v) is 4.98. The normalized spacial score (nSPS) is 25.9. The Bertz CT molecular complexity index is 340. The van der Waals surface area contributed by atoms with Crippen LogP contribution in [0.2, 0.25) is 0 Å². The average molecular weight is 269 g/mol. The molecule has 1 saturated heterocycles. The lowest BCUT2D eigenvalue weighted by Crippen LogP contribution is -2.33. The fourth-order valence-electron chi connectivity index (χ4n) is 2.27. The van der Waals surface area contributed by atoms with E-state index in [2.05, 4.69) is 44.9 Å². The van der Waals surface area contributed by atoms with E-state index in [0.717, 1.165) is 16.9 Å². The molecular weight excluding hydrogens is 252 g/mol. The summed E-state index contributed by atoms with van der Waals surface area (Å²) < 4.78 is 0. The van der Waals surface area contributed by atoms with Gasteiger partial charge in [-0.25, -0.2) is 0 Å². The summed E-state index contributed by atoms with van der Waals surface area (Å²) in [5.74, 6) is 0.776. The van der Waals surface area contributed by atoms with Crippen molar-refractivity contribution in [3.05, 3.63) is 24.0 Å². The lowest BCUT2D eigenvalue weighted by molar-refractivity contribution is 0.554. The summed E-state index contributed by atoms with van der Waals surface area (Å²) in [6.45, 7) is 5.55. The minimum atomic E-state index is 0.631. The topological polar surface area (TPSA) is 16.1 Å². The van der Waals surface area contributed by atoms with Crippen LogP contribution in [0.25, 0.3) is 0 Å². The van der Waals surface area contributed by atoms with Gasteiger partial charge >= 0.3 is 0 Å². The number of rotatable bonds is 2. The Morgan fingerprint density at radius 1 is 1.60 bits per heavy atom. The standard InChI is InChI=1S/C12H17BrN2/c1-9-4-6-15(12(9)8-13)11-3-5-14-10(2)7-11/h3,5,7,9,12H,4,6,8H2,1-2H3. The lowest BCUT2D eigenvalue weighted by Gasteiger charge is -2.27. The summed E-state index contributed by atoms with van der Waals surface area (Å²) in [5, 5.41) is 1.05. The van der Waals surface area contributed by atoms with Crippen LogP contribution in [-0.4, -0.2) is 22.9 Å². The van der Waals surface area contributed by atoms with E-state index in [1.807, 2.05) is 13.1 Å². The number of hydrogen-bond acceptors (Lipinski definition) is 2. The van der Waals surface area contributed by atoms with Gasteiger partial charge in [0.25, 0.3) is 0 Å². The molecule has 2 rings (SSSR count). The van der Waals surface area contributed by atoms with Gasteiger partial charge in [-0.1, -0.05) is 22.9 Å². The summed E-state index contributed by atoms with van der Waals surface area (Å²) in [5.41, 5.74) is 2.41. The number of alkyl halides is 1. The maximum Gasteiger partial charge on any atom is 0.0412 e. The van der Waals surface area contributed by atoms with Crippen LogP contribution in [0.3, 0.4) is 0 Å². The summed E-state index contributed by atoms with van der Waals surface area (Å²) in [6.07, 6.45) is 3.19. The molecule has 1 aromatic heterocycles. The van der Waals surface area contributed by atoms with Crippen LogP contribution in [0.1, 0.15) is 19.0 Å². The van der Waals surface area contributed by atoms with Gasteiger partial charge in [-0.15, -0.1) is 0 Å². The Morgan fingerprint density at radius 3 is 3.07 bits per heavy atom. The first-order valence-corrected chi connectivity index (χ1v) is 6.60. The molecule has 0 N–H and O–H groups in total. The van der Waals surface area contributed by atoms with Gasteiger partial charge in [-0.05, 0) is 31.4 Å². The van der Waals surface area contributed by atoms with Crippen LogP contribution in [0.5, 0.6) is 0 Å². The van der Waals surface area contributed by atoms with Crippen LogP contribution in [0.4, 0.5) is 5.69 Å². The molecule has 2 atom stereocenters. The third-order valence-corrected chi connectivity index (χ3v) is 3.92. The molecule has 1 fully saturated rings. The highest BCUT2D eigenvalue weighted by Gasteiger charge is 2.30. The fraction of sp³-hybridized carbons (Fsp3) is 0.583. The average Bonchev–Trinajstić information content (AvgIpc) is 2.59. The molecule has 0 saturated carbocycles. The highest BCUT2D eigenvalue weighted by Crippen LogP contribution is 2.30. The monoisotopic (exact) mass is 268 g/mol. The Balaban J connectivity index is 2.23. The summed E-state index contributed by atoms with van der Waals surface area (Å²) in [6, 6.07) is 4.92. The molecule has 0 aliphatic carbocycles. The second-order valence-electron chi connectivity index (χ2n) is 4.34. The molecule has 0 bridgehead atoms. The van der Waals surface area contributed by atoms with Crippen molar-refractivity contribution in [3.63, 3.8) is 0 Å². The Morgan fingerprint density at radius 2 is 2.40 bits per heavy atom. The second kappa shape index (κ2) is 4.52. The van der Waals surface area contributed by atoms with Crippen LogP contribution in [-0.2, 0) is 0 Å². The molecule has 0 aromatic carbocycles. The van der Waals surface area contributed by atoms with Crippen molar-refractivity contribution in [1.29, 1.82) is 0 Å². The van der Waals surface area contributed by atoms with Gasteiger partial charge in [0.1, 0.15) is 0 Å². The maximum absolute atomic E-state index is 4.24. The number of halogens is 1. The number of anilines is 1. The van der Waals surface area contributed by atoms with E-state index in [9.17, 15) is 0 Å². The SMILES string of the molecule is Cc1cc(N2CCC(C)C2CBr)ccn1. The molecule has 82 valence electrons. The van der Waals surface area contributed by atoms with Gasteiger partial charge in [-0.3, -0.25) is 4.98 Å².